The lowest BCUT2D eigenvalue weighted by Crippen LogP contribution is -2.31. The van der Waals surface area contributed by atoms with Crippen molar-refractivity contribution in [2.24, 2.45) is 0 Å². The van der Waals surface area contributed by atoms with Crippen molar-refractivity contribution >= 4 is 17.5 Å². The van der Waals surface area contributed by atoms with Crippen LogP contribution in [0.25, 0.3) is 0 Å². The van der Waals surface area contributed by atoms with Gasteiger partial charge in [0.25, 0.3) is 5.91 Å². The molecule has 0 radical (unpaired) electrons. The third-order valence-corrected chi connectivity index (χ3v) is 4.79. The molecule has 0 fully saturated rings. The van der Waals surface area contributed by atoms with E-state index in [4.69, 9.17) is 0 Å². The fourth-order valence-electron chi connectivity index (χ4n) is 3.12. The molecule has 2 N–H and O–H groups in total. The monoisotopic (exact) mass is 386 g/mol. The van der Waals surface area contributed by atoms with Crippen molar-refractivity contribution in [3.05, 3.63) is 102 Å². The first-order valence-electron chi connectivity index (χ1n) is 9.83. The van der Waals surface area contributed by atoms with Crippen LogP contribution in [0.1, 0.15) is 53.7 Å². The van der Waals surface area contributed by atoms with Crippen LogP contribution >= 0.6 is 0 Å². The van der Waals surface area contributed by atoms with Crippen LogP contribution in [0, 0.1) is 0 Å². The molecule has 0 heterocycles. The number of carbonyl (C=O) groups excluding carboxylic acids is 2. The minimum absolute atomic E-state index is 0.147. The highest BCUT2D eigenvalue weighted by atomic mass is 16.2. The molecule has 0 aromatic heterocycles. The SMILES string of the molecule is CC(C)c1ccc(NC(=O)C[C@@H](NC(=O)c2ccccc2)c2ccccc2)cc1. The Hall–Kier alpha value is -3.40. The van der Waals surface area contributed by atoms with Gasteiger partial charge in [-0.25, -0.2) is 0 Å². The van der Waals surface area contributed by atoms with Crippen molar-refractivity contribution in [2.75, 3.05) is 5.32 Å². The number of rotatable bonds is 7. The first-order valence-corrected chi connectivity index (χ1v) is 9.83. The Bertz CT molecular complexity index is 936. The molecule has 4 heteroatoms. The van der Waals surface area contributed by atoms with Crippen LogP contribution in [0.3, 0.4) is 0 Å². The zero-order valence-electron chi connectivity index (χ0n) is 16.8. The molecule has 3 rings (SSSR count). The van der Waals surface area contributed by atoms with E-state index in [9.17, 15) is 9.59 Å². The molecule has 3 aromatic rings. The molecule has 0 saturated carbocycles. The number of carbonyl (C=O) groups is 2. The van der Waals surface area contributed by atoms with Crippen LogP contribution < -0.4 is 10.6 Å². The topological polar surface area (TPSA) is 58.2 Å². The molecule has 0 spiro atoms. The molecule has 1 atom stereocenters. The first-order chi connectivity index (χ1) is 14.0. The summed E-state index contributed by atoms with van der Waals surface area (Å²) in [5.41, 5.74) is 3.43. The van der Waals surface area contributed by atoms with Crippen LogP contribution in [0.2, 0.25) is 0 Å². The molecule has 0 aliphatic carbocycles. The highest BCUT2D eigenvalue weighted by molar-refractivity contribution is 5.95. The highest BCUT2D eigenvalue weighted by Gasteiger charge is 2.19. The Morgan fingerprint density at radius 3 is 1.93 bits per heavy atom. The zero-order chi connectivity index (χ0) is 20.6. The largest absolute Gasteiger partial charge is 0.345 e. The van der Waals surface area contributed by atoms with Crippen molar-refractivity contribution in [3.8, 4) is 0 Å². The summed E-state index contributed by atoms with van der Waals surface area (Å²) in [7, 11) is 0. The van der Waals surface area contributed by atoms with E-state index >= 15 is 0 Å². The third-order valence-electron chi connectivity index (χ3n) is 4.79. The Balaban J connectivity index is 1.71. The molecule has 4 nitrogen and oxygen atoms in total. The van der Waals surface area contributed by atoms with E-state index < -0.39 is 6.04 Å². The van der Waals surface area contributed by atoms with Crippen LogP contribution in [-0.2, 0) is 4.79 Å². The third kappa shape index (κ3) is 5.79. The highest BCUT2D eigenvalue weighted by Crippen LogP contribution is 2.20. The van der Waals surface area contributed by atoms with Crippen LogP contribution in [0.15, 0.2) is 84.9 Å². The molecule has 3 aromatic carbocycles. The number of hydrogen-bond acceptors (Lipinski definition) is 2. The van der Waals surface area contributed by atoms with E-state index in [2.05, 4.69) is 24.5 Å². The minimum Gasteiger partial charge on any atom is -0.345 e. The van der Waals surface area contributed by atoms with Gasteiger partial charge in [0.05, 0.1) is 12.5 Å². The fraction of sp³-hybridized carbons (Fsp3) is 0.200. The number of benzene rings is 3. The minimum atomic E-state index is -0.418. The summed E-state index contributed by atoms with van der Waals surface area (Å²) >= 11 is 0. The quantitative estimate of drug-likeness (QED) is 0.578. The van der Waals surface area contributed by atoms with E-state index in [-0.39, 0.29) is 18.2 Å². The standard InChI is InChI=1S/C25H26N2O2/c1-18(2)19-13-15-22(16-14-19)26-24(28)17-23(20-9-5-3-6-10-20)27-25(29)21-11-7-4-8-12-21/h3-16,18,23H,17H2,1-2H3,(H,26,28)(H,27,29)/t23-/m1/s1. The summed E-state index contributed by atoms with van der Waals surface area (Å²) in [5, 5.41) is 5.92. The summed E-state index contributed by atoms with van der Waals surface area (Å²) < 4.78 is 0. The van der Waals surface area contributed by atoms with Crippen molar-refractivity contribution in [1.82, 2.24) is 5.32 Å². The molecule has 0 bridgehead atoms. The Labute approximate surface area is 172 Å². The maximum absolute atomic E-state index is 12.7. The molecule has 0 unspecified atom stereocenters. The average Bonchev–Trinajstić information content (AvgIpc) is 2.75. The van der Waals surface area contributed by atoms with E-state index in [1.54, 1.807) is 12.1 Å². The van der Waals surface area contributed by atoms with Crippen molar-refractivity contribution in [2.45, 2.75) is 32.2 Å². The Kier molecular flexibility index (Phi) is 6.80. The number of nitrogens with one attached hydrogen (secondary N) is 2. The average molecular weight is 386 g/mol. The number of amides is 2. The Morgan fingerprint density at radius 1 is 0.759 bits per heavy atom. The van der Waals surface area contributed by atoms with Gasteiger partial charge in [0.15, 0.2) is 0 Å². The summed E-state index contributed by atoms with van der Waals surface area (Å²) in [6.45, 7) is 4.26. The summed E-state index contributed by atoms with van der Waals surface area (Å²) in [6.07, 6.45) is 0.147. The van der Waals surface area contributed by atoms with Gasteiger partial charge in [0, 0.05) is 11.3 Å². The van der Waals surface area contributed by atoms with E-state index in [0.717, 1.165) is 11.3 Å². The van der Waals surface area contributed by atoms with Gasteiger partial charge in [0.2, 0.25) is 5.91 Å². The smallest absolute Gasteiger partial charge is 0.251 e. The van der Waals surface area contributed by atoms with Crippen LogP contribution in [-0.4, -0.2) is 11.8 Å². The zero-order valence-corrected chi connectivity index (χ0v) is 16.8. The second-order valence-corrected chi connectivity index (χ2v) is 7.33. The van der Waals surface area contributed by atoms with E-state index in [1.807, 2.05) is 72.8 Å². The summed E-state index contributed by atoms with van der Waals surface area (Å²) in [5.74, 6) is 0.0912. The van der Waals surface area contributed by atoms with Gasteiger partial charge in [-0.1, -0.05) is 74.5 Å². The normalized spacial score (nSPS) is 11.7. The first kappa shape index (κ1) is 20.3. The van der Waals surface area contributed by atoms with Crippen molar-refractivity contribution in [1.29, 1.82) is 0 Å². The number of hydrogen-bond donors (Lipinski definition) is 2. The summed E-state index contributed by atoms with van der Waals surface area (Å²) in [6, 6.07) is 26.0. The summed E-state index contributed by atoms with van der Waals surface area (Å²) in [4.78, 5) is 25.3. The molecule has 29 heavy (non-hydrogen) atoms. The van der Waals surface area contributed by atoms with Gasteiger partial charge in [-0.3, -0.25) is 9.59 Å². The van der Waals surface area contributed by atoms with Gasteiger partial charge in [0.1, 0.15) is 0 Å². The second-order valence-electron chi connectivity index (χ2n) is 7.33. The van der Waals surface area contributed by atoms with Crippen molar-refractivity contribution < 1.29 is 9.59 Å². The van der Waals surface area contributed by atoms with Gasteiger partial charge in [-0.2, -0.15) is 0 Å². The van der Waals surface area contributed by atoms with Crippen LogP contribution in [0.5, 0.6) is 0 Å². The van der Waals surface area contributed by atoms with Gasteiger partial charge in [-0.15, -0.1) is 0 Å². The van der Waals surface area contributed by atoms with Crippen LogP contribution in [0.4, 0.5) is 5.69 Å². The Morgan fingerprint density at radius 2 is 1.34 bits per heavy atom. The fourth-order valence-corrected chi connectivity index (χ4v) is 3.12. The predicted molar refractivity (Wildman–Crippen MR) is 117 cm³/mol. The van der Waals surface area contributed by atoms with Gasteiger partial charge in [-0.05, 0) is 41.3 Å². The molecule has 0 aliphatic rings. The maximum Gasteiger partial charge on any atom is 0.251 e. The lowest BCUT2D eigenvalue weighted by Gasteiger charge is -2.19. The molecule has 0 saturated heterocycles. The molecule has 2 amide bonds. The second kappa shape index (κ2) is 9.69. The molecule has 0 aliphatic heterocycles. The predicted octanol–water partition coefficient (Wildman–Crippen LogP) is 5.31. The van der Waals surface area contributed by atoms with E-state index in [1.165, 1.54) is 5.56 Å². The lowest BCUT2D eigenvalue weighted by molar-refractivity contribution is -0.116. The molecule has 148 valence electrons. The van der Waals surface area contributed by atoms with Gasteiger partial charge < -0.3 is 10.6 Å². The van der Waals surface area contributed by atoms with Crippen molar-refractivity contribution in [3.63, 3.8) is 0 Å². The van der Waals surface area contributed by atoms with Gasteiger partial charge >= 0.3 is 0 Å². The molecular weight excluding hydrogens is 360 g/mol. The van der Waals surface area contributed by atoms with E-state index in [0.29, 0.717) is 11.5 Å². The molecular formula is C25H26N2O2. The number of anilines is 1. The lowest BCUT2D eigenvalue weighted by atomic mass is 10.0. The maximum atomic E-state index is 12.7.